The van der Waals surface area contributed by atoms with Gasteiger partial charge in [0.15, 0.2) is 0 Å². The molecule has 1 atom stereocenters. The number of carbonyl (C=O) groups is 1. The molecule has 0 aliphatic carbocycles. The molecule has 1 unspecified atom stereocenters. The van der Waals surface area contributed by atoms with E-state index in [4.69, 9.17) is 0 Å². The molecule has 3 nitrogen and oxygen atoms in total. The summed E-state index contributed by atoms with van der Waals surface area (Å²) in [6.45, 7) is 1.90. The van der Waals surface area contributed by atoms with Crippen LogP contribution in [0.1, 0.15) is 18.9 Å². The number of nitrogens with zero attached hydrogens (tertiary/aromatic N) is 2. The van der Waals surface area contributed by atoms with Gasteiger partial charge in [-0.2, -0.15) is 0 Å². The average Bonchev–Trinajstić information content (AvgIpc) is 2.26. The molecule has 1 aliphatic rings. The lowest BCUT2D eigenvalue weighted by molar-refractivity contribution is -0.139. The minimum absolute atomic E-state index is 0.0307. The summed E-state index contributed by atoms with van der Waals surface area (Å²) in [5.41, 5.74) is 0.696. The summed E-state index contributed by atoms with van der Waals surface area (Å²) in [6.07, 6.45) is 2.21. The van der Waals surface area contributed by atoms with E-state index in [9.17, 15) is 13.6 Å². The van der Waals surface area contributed by atoms with E-state index in [1.165, 1.54) is 17.1 Å². The lowest BCUT2D eigenvalue weighted by Crippen LogP contribution is -2.43. The second-order valence-corrected chi connectivity index (χ2v) is 4.91. The third-order valence-corrected chi connectivity index (χ3v) is 3.01. The molecule has 0 fully saturated rings. The highest BCUT2D eigenvalue weighted by Gasteiger charge is 2.29. The van der Waals surface area contributed by atoms with E-state index in [-0.39, 0.29) is 17.4 Å². The number of amides is 1. The van der Waals surface area contributed by atoms with Gasteiger partial charge in [-0.1, -0.05) is 13.0 Å². The molecule has 0 N–H and O–H groups in total. The molecular weight excluding hydrogens is 250 g/mol. The van der Waals surface area contributed by atoms with Gasteiger partial charge in [-0.3, -0.25) is 4.79 Å². The molecule has 5 heteroatoms. The van der Waals surface area contributed by atoms with E-state index in [1.807, 2.05) is 13.0 Å². The molecule has 0 radical (unpaired) electrons. The SMILES string of the molecule is CC1C=C(c2ccc(F)cc2F)N(N(C)C)C(=O)C1. The summed E-state index contributed by atoms with van der Waals surface area (Å²) in [5.74, 6) is -1.37. The van der Waals surface area contributed by atoms with Gasteiger partial charge in [0.05, 0.1) is 5.70 Å². The Bertz CT molecular complexity index is 540. The summed E-state index contributed by atoms with van der Waals surface area (Å²) in [7, 11) is 3.42. The van der Waals surface area contributed by atoms with Crippen molar-refractivity contribution in [1.82, 2.24) is 10.0 Å². The summed E-state index contributed by atoms with van der Waals surface area (Å²) < 4.78 is 26.9. The zero-order valence-corrected chi connectivity index (χ0v) is 11.2. The Labute approximate surface area is 111 Å². The van der Waals surface area contributed by atoms with Gasteiger partial charge in [0, 0.05) is 32.1 Å². The number of hydrogen-bond donors (Lipinski definition) is 0. The summed E-state index contributed by atoms with van der Waals surface area (Å²) in [6, 6.07) is 3.38. The molecule has 0 aromatic heterocycles. The van der Waals surface area contributed by atoms with Gasteiger partial charge in [0.1, 0.15) is 11.6 Å². The maximum absolute atomic E-state index is 13.9. The Morgan fingerprint density at radius 2 is 2.00 bits per heavy atom. The van der Waals surface area contributed by atoms with Crippen LogP contribution in [0.15, 0.2) is 24.3 Å². The molecule has 1 aliphatic heterocycles. The molecule has 0 saturated carbocycles. The first-order chi connectivity index (χ1) is 8.90. The van der Waals surface area contributed by atoms with Crippen molar-refractivity contribution in [2.24, 2.45) is 5.92 Å². The smallest absolute Gasteiger partial charge is 0.242 e. The molecule has 0 bridgehead atoms. The largest absolute Gasteiger partial charge is 0.273 e. The van der Waals surface area contributed by atoms with Crippen LogP contribution in [0, 0.1) is 17.6 Å². The van der Waals surface area contributed by atoms with Gasteiger partial charge in [0.25, 0.3) is 0 Å². The molecule has 1 heterocycles. The highest BCUT2D eigenvalue weighted by atomic mass is 19.1. The van der Waals surface area contributed by atoms with Gasteiger partial charge < -0.3 is 0 Å². The third kappa shape index (κ3) is 2.66. The van der Waals surface area contributed by atoms with E-state index in [1.54, 1.807) is 19.1 Å². The molecule has 0 saturated heterocycles. The van der Waals surface area contributed by atoms with E-state index < -0.39 is 11.6 Å². The molecule has 1 aromatic rings. The van der Waals surface area contributed by atoms with E-state index >= 15 is 0 Å². The van der Waals surface area contributed by atoms with Crippen LogP contribution in [0.25, 0.3) is 5.70 Å². The highest BCUT2D eigenvalue weighted by molar-refractivity contribution is 5.89. The van der Waals surface area contributed by atoms with E-state index in [0.717, 1.165) is 6.07 Å². The van der Waals surface area contributed by atoms with Gasteiger partial charge in [-0.25, -0.2) is 18.8 Å². The maximum Gasteiger partial charge on any atom is 0.242 e. The topological polar surface area (TPSA) is 23.6 Å². The van der Waals surface area contributed by atoms with Crippen LogP contribution in [0.5, 0.6) is 0 Å². The van der Waals surface area contributed by atoms with E-state index in [0.29, 0.717) is 12.1 Å². The predicted molar refractivity (Wildman–Crippen MR) is 68.6 cm³/mol. The van der Waals surface area contributed by atoms with Crippen LogP contribution < -0.4 is 0 Å². The zero-order valence-electron chi connectivity index (χ0n) is 11.2. The Kier molecular flexibility index (Phi) is 3.66. The van der Waals surface area contributed by atoms with Crippen LogP contribution >= 0.6 is 0 Å². The predicted octanol–water partition coefficient (Wildman–Crippen LogP) is 2.65. The molecule has 19 heavy (non-hydrogen) atoms. The molecule has 0 spiro atoms. The molecule has 2 rings (SSSR count). The van der Waals surface area contributed by atoms with Gasteiger partial charge in [-0.05, 0) is 18.1 Å². The minimum Gasteiger partial charge on any atom is -0.273 e. The van der Waals surface area contributed by atoms with Gasteiger partial charge >= 0.3 is 0 Å². The van der Waals surface area contributed by atoms with Crippen molar-refractivity contribution >= 4 is 11.6 Å². The fourth-order valence-electron chi connectivity index (χ4n) is 2.23. The number of benzene rings is 1. The monoisotopic (exact) mass is 266 g/mol. The highest BCUT2D eigenvalue weighted by Crippen LogP contribution is 2.30. The third-order valence-electron chi connectivity index (χ3n) is 3.01. The van der Waals surface area contributed by atoms with Crippen LogP contribution in [-0.4, -0.2) is 30.0 Å². The number of rotatable bonds is 2. The van der Waals surface area contributed by atoms with Crippen LogP contribution in [0.2, 0.25) is 0 Å². The fraction of sp³-hybridized carbons (Fsp3) is 0.357. The first-order valence-corrected chi connectivity index (χ1v) is 6.07. The second-order valence-electron chi connectivity index (χ2n) is 4.91. The van der Waals surface area contributed by atoms with Gasteiger partial charge in [-0.15, -0.1) is 0 Å². The Morgan fingerprint density at radius 1 is 1.32 bits per heavy atom. The number of carbonyl (C=O) groups excluding carboxylic acids is 1. The molecule has 1 aromatic carbocycles. The Balaban J connectivity index is 2.52. The standard InChI is InChI=1S/C14H16F2N2O/c1-9-6-13(18(17(2)3)14(19)7-9)11-5-4-10(15)8-12(11)16/h4-6,8-9H,7H2,1-3H3. The van der Waals surface area contributed by atoms with Crippen molar-refractivity contribution in [2.75, 3.05) is 14.1 Å². The molecular formula is C14H16F2N2O. The number of halogens is 2. The van der Waals surface area contributed by atoms with Crippen molar-refractivity contribution in [3.8, 4) is 0 Å². The van der Waals surface area contributed by atoms with Crippen molar-refractivity contribution in [3.05, 3.63) is 41.5 Å². The summed E-state index contributed by atoms with van der Waals surface area (Å²) in [4.78, 5) is 12.1. The zero-order chi connectivity index (χ0) is 14.2. The Hall–Kier alpha value is -1.75. The number of allylic oxidation sites excluding steroid dienone is 1. The van der Waals surface area contributed by atoms with Crippen molar-refractivity contribution in [1.29, 1.82) is 0 Å². The first-order valence-electron chi connectivity index (χ1n) is 6.07. The van der Waals surface area contributed by atoms with Gasteiger partial charge in [0.2, 0.25) is 5.91 Å². The number of hydrogen-bond acceptors (Lipinski definition) is 2. The van der Waals surface area contributed by atoms with E-state index in [2.05, 4.69) is 0 Å². The second kappa shape index (κ2) is 5.09. The molecule has 102 valence electrons. The molecule has 1 amide bonds. The van der Waals surface area contributed by atoms with Crippen molar-refractivity contribution in [2.45, 2.75) is 13.3 Å². The first kappa shape index (κ1) is 13.7. The van der Waals surface area contributed by atoms with Crippen molar-refractivity contribution < 1.29 is 13.6 Å². The average molecular weight is 266 g/mol. The van der Waals surface area contributed by atoms with Crippen LogP contribution in [0.4, 0.5) is 8.78 Å². The summed E-state index contributed by atoms with van der Waals surface area (Å²) >= 11 is 0. The Morgan fingerprint density at radius 3 is 2.58 bits per heavy atom. The maximum atomic E-state index is 13.9. The lowest BCUT2D eigenvalue weighted by Gasteiger charge is -2.35. The van der Waals surface area contributed by atoms with Crippen LogP contribution in [0.3, 0.4) is 0 Å². The number of hydrazine groups is 1. The summed E-state index contributed by atoms with van der Waals surface area (Å²) in [5, 5.41) is 3.01. The fourth-order valence-corrected chi connectivity index (χ4v) is 2.23. The van der Waals surface area contributed by atoms with Crippen LogP contribution in [-0.2, 0) is 4.79 Å². The minimum atomic E-state index is -0.667. The normalized spacial score (nSPS) is 19.9. The quantitative estimate of drug-likeness (QED) is 0.821. The lowest BCUT2D eigenvalue weighted by atomic mass is 9.98. The van der Waals surface area contributed by atoms with Crippen molar-refractivity contribution in [3.63, 3.8) is 0 Å².